The number of hydrogen-bond donors (Lipinski definition) is 2. The number of ether oxygens (including phenoxy) is 1. The molecule has 0 unspecified atom stereocenters. The normalized spacial score (nSPS) is 17.5. The van der Waals surface area contributed by atoms with Crippen molar-refractivity contribution in [3.05, 3.63) is 35.9 Å². The highest BCUT2D eigenvalue weighted by Gasteiger charge is 2.32. The van der Waals surface area contributed by atoms with Crippen LogP contribution in [0.4, 0.5) is 9.59 Å². The van der Waals surface area contributed by atoms with E-state index in [1.165, 1.54) is 11.3 Å². The highest BCUT2D eigenvalue weighted by molar-refractivity contribution is 5.95. The van der Waals surface area contributed by atoms with Crippen molar-refractivity contribution in [3.8, 4) is 0 Å². The van der Waals surface area contributed by atoms with Gasteiger partial charge in [0.05, 0.1) is 0 Å². The van der Waals surface area contributed by atoms with Crippen LogP contribution in [-0.4, -0.2) is 41.6 Å². The first-order valence-electron chi connectivity index (χ1n) is 11.7. The van der Waals surface area contributed by atoms with E-state index in [1.807, 2.05) is 30.3 Å². The van der Waals surface area contributed by atoms with Crippen LogP contribution in [0.3, 0.4) is 0 Å². The fraction of sp³-hybridized carbons (Fsp3) is 0.625. The second-order valence-electron chi connectivity index (χ2n) is 8.58. The zero-order valence-corrected chi connectivity index (χ0v) is 18.3. The Morgan fingerprint density at radius 2 is 1.55 bits per heavy atom. The molecule has 2 aliphatic rings. The Hall–Kier alpha value is -2.57. The van der Waals surface area contributed by atoms with Crippen molar-refractivity contribution in [1.82, 2.24) is 15.5 Å². The monoisotopic (exact) mass is 429 g/mol. The molecule has 3 rings (SSSR count). The molecular formula is C24H35N3O4. The number of nitrogens with one attached hydrogen (secondary N) is 2. The molecule has 2 fully saturated rings. The lowest BCUT2D eigenvalue weighted by Gasteiger charge is -2.34. The molecule has 170 valence electrons. The zero-order chi connectivity index (χ0) is 21.9. The van der Waals surface area contributed by atoms with Gasteiger partial charge in [-0.05, 0) is 31.2 Å². The maximum absolute atomic E-state index is 13.0. The summed E-state index contributed by atoms with van der Waals surface area (Å²) in [5.74, 6) is -0.233. The third-order valence-electron chi connectivity index (χ3n) is 6.18. The second kappa shape index (κ2) is 12.3. The van der Waals surface area contributed by atoms with Crippen molar-refractivity contribution >= 4 is 18.0 Å². The largest absolute Gasteiger partial charge is 0.445 e. The molecule has 0 aromatic heterocycles. The SMILES string of the molecule is O=C(NCCC(=O)N(C(=O)NC1CCCCC1)C1CCCCC1)OCc1ccccc1. The van der Waals surface area contributed by atoms with Gasteiger partial charge in [-0.1, -0.05) is 68.9 Å². The van der Waals surface area contributed by atoms with E-state index in [-0.39, 0.29) is 43.6 Å². The zero-order valence-electron chi connectivity index (χ0n) is 18.3. The molecule has 0 heterocycles. The van der Waals surface area contributed by atoms with Gasteiger partial charge in [0.2, 0.25) is 5.91 Å². The first kappa shape index (κ1) is 23.1. The number of amides is 4. The summed E-state index contributed by atoms with van der Waals surface area (Å²) in [4.78, 5) is 39.3. The van der Waals surface area contributed by atoms with Crippen molar-refractivity contribution in [3.63, 3.8) is 0 Å². The van der Waals surface area contributed by atoms with Crippen LogP contribution in [-0.2, 0) is 16.1 Å². The Morgan fingerprint density at radius 1 is 0.903 bits per heavy atom. The number of rotatable bonds is 7. The van der Waals surface area contributed by atoms with Gasteiger partial charge in [-0.3, -0.25) is 9.69 Å². The number of alkyl carbamates (subject to hydrolysis) is 1. The summed E-state index contributed by atoms with van der Waals surface area (Å²) in [7, 11) is 0. The van der Waals surface area contributed by atoms with Crippen molar-refractivity contribution < 1.29 is 19.1 Å². The van der Waals surface area contributed by atoms with E-state index in [0.717, 1.165) is 63.4 Å². The minimum atomic E-state index is -0.562. The Morgan fingerprint density at radius 3 is 2.23 bits per heavy atom. The van der Waals surface area contributed by atoms with Gasteiger partial charge in [-0.25, -0.2) is 9.59 Å². The molecule has 2 saturated carbocycles. The molecule has 1 aromatic carbocycles. The van der Waals surface area contributed by atoms with E-state index in [2.05, 4.69) is 10.6 Å². The summed E-state index contributed by atoms with van der Waals surface area (Å²) in [6, 6.07) is 9.27. The summed E-state index contributed by atoms with van der Waals surface area (Å²) in [6.07, 6.45) is 9.87. The third kappa shape index (κ3) is 7.56. The molecule has 4 amide bonds. The molecule has 7 heteroatoms. The highest BCUT2D eigenvalue weighted by atomic mass is 16.5. The number of hydrogen-bond acceptors (Lipinski definition) is 4. The number of nitrogens with zero attached hydrogens (tertiary/aromatic N) is 1. The minimum absolute atomic E-state index is 0.0464. The number of carbonyl (C=O) groups is 3. The van der Waals surface area contributed by atoms with Gasteiger partial charge in [0.15, 0.2) is 0 Å². The molecule has 0 aliphatic heterocycles. The van der Waals surface area contributed by atoms with E-state index in [1.54, 1.807) is 0 Å². The van der Waals surface area contributed by atoms with Crippen LogP contribution in [0.1, 0.15) is 76.2 Å². The first-order chi connectivity index (χ1) is 15.1. The van der Waals surface area contributed by atoms with Gasteiger partial charge in [0.1, 0.15) is 6.61 Å². The van der Waals surface area contributed by atoms with E-state index in [9.17, 15) is 14.4 Å². The first-order valence-corrected chi connectivity index (χ1v) is 11.7. The molecular weight excluding hydrogens is 394 g/mol. The van der Waals surface area contributed by atoms with Crippen LogP contribution in [0.15, 0.2) is 30.3 Å². The molecule has 7 nitrogen and oxygen atoms in total. The lowest BCUT2D eigenvalue weighted by atomic mass is 9.93. The van der Waals surface area contributed by atoms with Crippen LogP contribution >= 0.6 is 0 Å². The van der Waals surface area contributed by atoms with Gasteiger partial charge < -0.3 is 15.4 Å². The topological polar surface area (TPSA) is 87.7 Å². The maximum Gasteiger partial charge on any atom is 0.407 e. The van der Waals surface area contributed by atoms with Crippen molar-refractivity contribution in [1.29, 1.82) is 0 Å². The number of imide groups is 1. The van der Waals surface area contributed by atoms with E-state index < -0.39 is 6.09 Å². The van der Waals surface area contributed by atoms with E-state index in [4.69, 9.17) is 4.74 Å². The molecule has 0 saturated heterocycles. The van der Waals surface area contributed by atoms with Crippen LogP contribution in [0, 0.1) is 0 Å². The number of carbonyl (C=O) groups excluding carboxylic acids is 3. The lowest BCUT2D eigenvalue weighted by molar-refractivity contribution is -0.130. The van der Waals surface area contributed by atoms with Gasteiger partial charge in [-0.15, -0.1) is 0 Å². The predicted molar refractivity (Wildman–Crippen MR) is 118 cm³/mol. The lowest BCUT2D eigenvalue weighted by Crippen LogP contribution is -2.53. The molecule has 31 heavy (non-hydrogen) atoms. The Kier molecular flexibility index (Phi) is 9.18. The predicted octanol–water partition coefficient (Wildman–Crippen LogP) is 4.51. The van der Waals surface area contributed by atoms with Crippen molar-refractivity contribution in [2.24, 2.45) is 0 Å². The van der Waals surface area contributed by atoms with Crippen LogP contribution < -0.4 is 10.6 Å². The maximum atomic E-state index is 13.0. The Bertz CT molecular complexity index is 713. The van der Waals surface area contributed by atoms with Crippen LogP contribution in [0.5, 0.6) is 0 Å². The smallest absolute Gasteiger partial charge is 0.407 e. The minimum Gasteiger partial charge on any atom is -0.445 e. The molecule has 0 radical (unpaired) electrons. The fourth-order valence-electron chi connectivity index (χ4n) is 4.48. The van der Waals surface area contributed by atoms with Gasteiger partial charge in [-0.2, -0.15) is 0 Å². The van der Waals surface area contributed by atoms with Crippen molar-refractivity contribution in [2.45, 2.75) is 89.3 Å². The quantitative estimate of drug-likeness (QED) is 0.668. The summed E-state index contributed by atoms with van der Waals surface area (Å²) in [5.41, 5.74) is 0.900. The third-order valence-corrected chi connectivity index (χ3v) is 6.18. The summed E-state index contributed by atoms with van der Waals surface area (Å²) in [6.45, 7) is 0.324. The van der Waals surface area contributed by atoms with Gasteiger partial charge >= 0.3 is 12.1 Å². The van der Waals surface area contributed by atoms with Crippen molar-refractivity contribution in [2.75, 3.05) is 6.54 Å². The highest BCUT2D eigenvalue weighted by Crippen LogP contribution is 2.24. The average Bonchev–Trinajstić information content (AvgIpc) is 2.80. The molecule has 0 atom stereocenters. The van der Waals surface area contributed by atoms with Gasteiger partial charge in [0.25, 0.3) is 0 Å². The van der Waals surface area contributed by atoms with E-state index >= 15 is 0 Å². The molecule has 2 aliphatic carbocycles. The number of benzene rings is 1. The Balaban J connectivity index is 1.47. The molecule has 1 aromatic rings. The summed E-state index contributed by atoms with van der Waals surface area (Å²) in [5, 5.41) is 5.71. The average molecular weight is 430 g/mol. The second-order valence-corrected chi connectivity index (χ2v) is 8.58. The molecule has 0 spiro atoms. The Labute approximate surface area is 184 Å². The molecule has 2 N–H and O–H groups in total. The van der Waals surface area contributed by atoms with Crippen LogP contribution in [0.2, 0.25) is 0 Å². The van der Waals surface area contributed by atoms with E-state index in [0.29, 0.717) is 0 Å². The number of urea groups is 1. The van der Waals surface area contributed by atoms with Crippen LogP contribution in [0.25, 0.3) is 0 Å². The molecule has 0 bridgehead atoms. The standard InChI is InChI=1S/C24H35N3O4/c28-22(16-17-25-24(30)31-18-19-10-4-1-5-11-19)27(21-14-8-3-9-15-21)23(29)26-20-12-6-2-7-13-20/h1,4-5,10-11,20-21H,2-3,6-9,12-18H2,(H,25,30)(H,26,29). The summed E-state index contributed by atoms with van der Waals surface area (Å²) < 4.78 is 5.18. The summed E-state index contributed by atoms with van der Waals surface area (Å²) >= 11 is 0. The van der Waals surface area contributed by atoms with Gasteiger partial charge in [0, 0.05) is 25.0 Å². The fourth-order valence-corrected chi connectivity index (χ4v) is 4.48.